The van der Waals surface area contributed by atoms with Crippen molar-refractivity contribution >= 4 is 30.2 Å². The van der Waals surface area contributed by atoms with Crippen LogP contribution in [0.2, 0.25) is 0 Å². The van der Waals surface area contributed by atoms with Crippen LogP contribution in [0.4, 0.5) is 11.4 Å². The van der Waals surface area contributed by atoms with Gasteiger partial charge in [-0.2, -0.15) is 0 Å². The van der Waals surface area contributed by atoms with Gasteiger partial charge in [0.15, 0.2) is 0 Å². The zero-order chi connectivity index (χ0) is 21.6. The molecule has 0 aliphatic heterocycles. The molecule has 7 heteroatoms. The monoisotopic (exact) mass is 424 g/mol. The molecule has 0 spiro atoms. The predicted molar refractivity (Wildman–Crippen MR) is 121 cm³/mol. The fourth-order valence-corrected chi connectivity index (χ4v) is 4.56. The summed E-state index contributed by atoms with van der Waals surface area (Å²) < 4.78 is 23.5. The van der Waals surface area contributed by atoms with E-state index in [1.807, 2.05) is 42.5 Å². The fourth-order valence-electron chi connectivity index (χ4n) is 2.99. The molecule has 0 atom stereocenters. The Morgan fingerprint density at radius 2 is 1.53 bits per heavy atom. The van der Waals surface area contributed by atoms with E-state index < -0.39 is 7.60 Å². The maximum absolute atomic E-state index is 12.8. The van der Waals surface area contributed by atoms with Gasteiger partial charge >= 0.3 is 7.60 Å². The van der Waals surface area contributed by atoms with Crippen LogP contribution in [-0.2, 0) is 13.6 Å². The Morgan fingerprint density at radius 3 is 2.13 bits per heavy atom. The molecular weight excluding hydrogens is 399 g/mol. The topological polar surface area (TPSA) is 90.6 Å². The van der Waals surface area contributed by atoms with Crippen molar-refractivity contribution in [3.63, 3.8) is 0 Å². The SMILES string of the molecule is CCOP(=O)(OCC)c1ccc(C(=O)Nc2cc(-c3ccccc3)ccc2N)cc1. The largest absolute Gasteiger partial charge is 0.397 e. The first-order chi connectivity index (χ1) is 14.5. The summed E-state index contributed by atoms with van der Waals surface area (Å²) in [5.41, 5.74) is 9.44. The lowest BCUT2D eigenvalue weighted by Gasteiger charge is -2.17. The maximum Gasteiger partial charge on any atom is 0.361 e. The molecule has 0 saturated heterocycles. The minimum Gasteiger partial charge on any atom is -0.397 e. The van der Waals surface area contributed by atoms with Crippen molar-refractivity contribution in [1.82, 2.24) is 0 Å². The zero-order valence-corrected chi connectivity index (χ0v) is 17.9. The molecule has 30 heavy (non-hydrogen) atoms. The summed E-state index contributed by atoms with van der Waals surface area (Å²) in [4.78, 5) is 12.7. The van der Waals surface area contributed by atoms with Crippen LogP contribution in [0.5, 0.6) is 0 Å². The third-order valence-electron chi connectivity index (χ3n) is 4.45. The van der Waals surface area contributed by atoms with Gasteiger partial charge in [0, 0.05) is 5.56 Å². The van der Waals surface area contributed by atoms with Crippen LogP contribution in [0.25, 0.3) is 11.1 Å². The number of rotatable bonds is 8. The van der Waals surface area contributed by atoms with E-state index in [0.717, 1.165) is 11.1 Å². The first kappa shape index (κ1) is 21.8. The smallest absolute Gasteiger partial charge is 0.361 e. The molecule has 0 bridgehead atoms. The van der Waals surface area contributed by atoms with E-state index in [1.165, 1.54) is 0 Å². The van der Waals surface area contributed by atoms with Crippen molar-refractivity contribution in [2.75, 3.05) is 24.3 Å². The van der Waals surface area contributed by atoms with Crippen molar-refractivity contribution in [3.05, 3.63) is 78.4 Å². The number of carbonyl (C=O) groups excluding carboxylic acids is 1. The van der Waals surface area contributed by atoms with Gasteiger partial charge in [0.1, 0.15) is 0 Å². The number of nitrogens with two attached hydrogens (primary N) is 1. The van der Waals surface area contributed by atoms with Crippen LogP contribution in [0.15, 0.2) is 72.8 Å². The van der Waals surface area contributed by atoms with Crippen LogP contribution in [-0.4, -0.2) is 19.1 Å². The fraction of sp³-hybridized carbons (Fsp3) is 0.174. The Kier molecular flexibility index (Phi) is 7.06. The molecular formula is C23H25N2O4P. The van der Waals surface area contributed by atoms with Gasteiger partial charge in [0.25, 0.3) is 5.91 Å². The van der Waals surface area contributed by atoms with Gasteiger partial charge in [-0.15, -0.1) is 0 Å². The number of benzene rings is 3. The number of anilines is 2. The van der Waals surface area contributed by atoms with Crippen molar-refractivity contribution in [3.8, 4) is 11.1 Å². The molecule has 0 aromatic heterocycles. The molecule has 0 saturated carbocycles. The van der Waals surface area contributed by atoms with Crippen LogP contribution >= 0.6 is 7.60 Å². The average molecular weight is 424 g/mol. The second-order valence-electron chi connectivity index (χ2n) is 6.50. The molecule has 156 valence electrons. The average Bonchev–Trinajstić information content (AvgIpc) is 2.76. The minimum absolute atomic E-state index is 0.260. The molecule has 0 aliphatic carbocycles. The highest BCUT2D eigenvalue weighted by Gasteiger charge is 2.26. The van der Waals surface area contributed by atoms with E-state index in [2.05, 4.69) is 5.32 Å². The first-order valence-corrected chi connectivity index (χ1v) is 11.3. The Morgan fingerprint density at radius 1 is 0.900 bits per heavy atom. The van der Waals surface area contributed by atoms with Crippen molar-refractivity contribution in [2.45, 2.75) is 13.8 Å². The highest BCUT2D eigenvalue weighted by Crippen LogP contribution is 2.46. The number of amides is 1. The molecule has 0 fully saturated rings. The predicted octanol–water partition coefficient (Wildman–Crippen LogP) is 5.08. The summed E-state index contributed by atoms with van der Waals surface area (Å²) in [6, 6.07) is 21.7. The lowest BCUT2D eigenvalue weighted by atomic mass is 10.0. The lowest BCUT2D eigenvalue weighted by Crippen LogP contribution is -2.15. The molecule has 3 aromatic carbocycles. The van der Waals surface area contributed by atoms with E-state index in [4.69, 9.17) is 14.8 Å². The molecule has 6 nitrogen and oxygen atoms in total. The van der Waals surface area contributed by atoms with E-state index in [0.29, 0.717) is 22.2 Å². The van der Waals surface area contributed by atoms with E-state index in [1.54, 1.807) is 44.2 Å². The van der Waals surface area contributed by atoms with Crippen molar-refractivity contribution < 1.29 is 18.4 Å². The molecule has 3 N–H and O–H groups in total. The molecule has 3 rings (SSSR count). The van der Waals surface area contributed by atoms with Crippen LogP contribution < -0.4 is 16.4 Å². The number of hydrogen-bond donors (Lipinski definition) is 2. The molecule has 1 amide bonds. The van der Waals surface area contributed by atoms with Crippen LogP contribution in [0, 0.1) is 0 Å². The highest BCUT2D eigenvalue weighted by atomic mass is 31.2. The Balaban J connectivity index is 1.80. The molecule has 0 radical (unpaired) electrons. The quantitative estimate of drug-likeness (QED) is 0.389. The summed E-state index contributed by atoms with van der Waals surface area (Å²) in [6.07, 6.45) is 0. The summed E-state index contributed by atoms with van der Waals surface area (Å²) >= 11 is 0. The van der Waals surface area contributed by atoms with Crippen molar-refractivity contribution in [2.24, 2.45) is 0 Å². The van der Waals surface area contributed by atoms with E-state index in [-0.39, 0.29) is 19.1 Å². The first-order valence-electron chi connectivity index (χ1n) is 9.73. The normalized spacial score (nSPS) is 11.3. The zero-order valence-electron chi connectivity index (χ0n) is 17.0. The third-order valence-corrected chi connectivity index (χ3v) is 6.58. The van der Waals surface area contributed by atoms with Crippen molar-refractivity contribution in [1.29, 1.82) is 0 Å². The van der Waals surface area contributed by atoms with E-state index >= 15 is 0 Å². The van der Waals surface area contributed by atoms with Crippen LogP contribution in [0.3, 0.4) is 0 Å². The molecule has 0 unspecified atom stereocenters. The third kappa shape index (κ3) is 4.97. The summed E-state index contributed by atoms with van der Waals surface area (Å²) in [5.74, 6) is -0.318. The van der Waals surface area contributed by atoms with E-state index in [9.17, 15) is 9.36 Å². The standard InChI is InChI=1S/C23H25N2O4P/c1-3-28-30(27,29-4-2)20-13-10-18(11-14-20)23(26)25-22-16-19(12-15-21(22)24)17-8-6-5-7-9-17/h5-16H,3-4,24H2,1-2H3,(H,25,26). The van der Waals surface area contributed by atoms with Gasteiger partial charge in [0.2, 0.25) is 0 Å². The lowest BCUT2D eigenvalue weighted by molar-refractivity contribution is 0.102. The number of nitrogen functional groups attached to an aromatic ring is 1. The molecule has 0 aliphatic rings. The molecule has 3 aromatic rings. The summed E-state index contributed by atoms with van der Waals surface area (Å²) in [7, 11) is -3.39. The number of carbonyl (C=O) groups is 1. The van der Waals surface area contributed by atoms with Gasteiger partial charge in [-0.1, -0.05) is 36.4 Å². The Labute approximate surface area is 176 Å². The maximum atomic E-state index is 12.8. The molecule has 0 heterocycles. The summed E-state index contributed by atoms with van der Waals surface area (Å²) in [6.45, 7) is 4.02. The summed E-state index contributed by atoms with van der Waals surface area (Å²) in [5, 5.41) is 3.26. The van der Waals surface area contributed by atoms with Gasteiger partial charge in [0.05, 0.1) is 29.9 Å². The van der Waals surface area contributed by atoms with Gasteiger partial charge in [-0.25, -0.2) is 0 Å². The second-order valence-corrected chi connectivity index (χ2v) is 8.53. The van der Waals surface area contributed by atoms with Gasteiger partial charge in [-0.05, 0) is 61.4 Å². The Bertz CT molecular complexity index is 1040. The second kappa shape index (κ2) is 9.72. The minimum atomic E-state index is -3.39. The van der Waals surface area contributed by atoms with Crippen LogP contribution in [0.1, 0.15) is 24.2 Å². The number of hydrogen-bond acceptors (Lipinski definition) is 5. The number of nitrogens with one attached hydrogen (secondary N) is 1. The van der Waals surface area contributed by atoms with Gasteiger partial charge < -0.3 is 20.1 Å². The Hall–Kier alpha value is -2.92. The van der Waals surface area contributed by atoms with Gasteiger partial charge in [-0.3, -0.25) is 9.36 Å². The highest BCUT2D eigenvalue weighted by molar-refractivity contribution is 7.62.